The van der Waals surface area contributed by atoms with Crippen molar-refractivity contribution in [2.75, 3.05) is 13.2 Å². The highest BCUT2D eigenvalue weighted by molar-refractivity contribution is 8.13. The van der Waals surface area contributed by atoms with Crippen molar-refractivity contribution in [1.82, 2.24) is 14.9 Å². The smallest absolute Gasteiger partial charge is 0.310 e. The minimum Gasteiger partial charge on any atom is -0.310 e. The summed E-state index contributed by atoms with van der Waals surface area (Å²) >= 11 is 0.907. The molecule has 0 spiro atoms. The fourth-order valence-corrected chi connectivity index (χ4v) is 3.89. The summed E-state index contributed by atoms with van der Waals surface area (Å²) in [5.74, 6) is 0. The van der Waals surface area contributed by atoms with Gasteiger partial charge in [-0.3, -0.25) is 19.7 Å². The Balaban J connectivity index is 1.62. The average molecular weight is 380 g/mol. The molecule has 10 heteroatoms. The first-order chi connectivity index (χ1) is 12.5. The van der Waals surface area contributed by atoms with Gasteiger partial charge in [-0.15, -0.1) is 0 Å². The lowest BCUT2D eigenvalue weighted by atomic mass is 10.0. The number of nitrogens with zero attached hydrogens (tertiary/aromatic N) is 4. The lowest BCUT2D eigenvalue weighted by molar-refractivity contribution is -0.385. The summed E-state index contributed by atoms with van der Waals surface area (Å²) in [7, 11) is 0. The number of carbonyl (C=O) groups is 2. The molecular formula is C16H20N4O5S. The maximum atomic E-state index is 12.6. The normalized spacial score (nSPS) is 22.0. The zero-order chi connectivity index (χ0) is 18.7. The molecule has 0 aromatic carbocycles. The number of thioether (sulfide) groups is 1. The molecule has 9 nitrogen and oxygen atoms in total. The van der Waals surface area contributed by atoms with Gasteiger partial charge >= 0.3 is 6.03 Å². The Morgan fingerprint density at radius 3 is 2.92 bits per heavy atom. The number of amides is 2. The van der Waals surface area contributed by atoms with Gasteiger partial charge in [0.2, 0.25) is 5.12 Å². The second-order valence-corrected chi connectivity index (χ2v) is 7.25. The van der Waals surface area contributed by atoms with E-state index in [0.717, 1.165) is 30.8 Å². The summed E-state index contributed by atoms with van der Waals surface area (Å²) in [6.07, 6.45) is 4.26. The molecule has 2 aliphatic heterocycles. The maximum absolute atomic E-state index is 12.6. The van der Waals surface area contributed by atoms with Crippen LogP contribution in [-0.4, -0.2) is 56.3 Å². The van der Waals surface area contributed by atoms with E-state index in [1.807, 2.05) is 0 Å². The molecule has 1 aromatic heterocycles. The molecule has 26 heavy (non-hydrogen) atoms. The molecule has 3 heterocycles. The van der Waals surface area contributed by atoms with Gasteiger partial charge in [0.25, 0.3) is 5.69 Å². The molecule has 3 rings (SSSR count). The molecule has 2 fully saturated rings. The van der Waals surface area contributed by atoms with Crippen LogP contribution in [0.2, 0.25) is 0 Å². The Labute approximate surface area is 154 Å². The number of aromatic nitrogens is 1. The number of nitro groups is 1. The zero-order valence-corrected chi connectivity index (χ0v) is 15.2. The third-order valence-electron chi connectivity index (χ3n) is 4.46. The van der Waals surface area contributed by atoms with E-state index in [4.69, 9.17) is 4.84 Å². The molecule has 2 aliphatic rings. The summed E-state index contributed by atoms with van der Waals surface area (Å²) in [6.45, 7) is 3.03. The SMILES string of the molecule is CCCCON1C(=O)N2C[C@@H]1CC[C@H]2C(=O)Sc1ccc([N+](=O)[O-])cn1. The van der Waals surface area contributed by atoms with Gasteiger partial charge in [0.15, 0.2) is 0 Å². The van der Waals surface area contributed by atoms with Crippen LogP contribution in [0, 0.1) is 10.1 Å². The number of pyridine rings is 1. The molecule has 2 atom stereocenters. The Morgan fingerprint density at radius 1 is 1.46 bits per heavy atom. The van der Waals surface area contributed by atoms with Crippen molar-refractivity contribution >= 4 is 28.6 Å². The van der Waals surface area contributed by atoms with Crippen molar-refractivity contribution in [2.24, 2.45) is 0 Å². The number of fused-ring (bicyclic) bond motifs is 2. The van der Waals surface area contributed by atoms with Crippen LogP contribution >= 0.6 is 11.8 Å². The highest BCUT2D eigenvalue weighted by atomic mass is 32.2. The van der Waals surface area contributed by atoms with Crippen LogP contribution in [-0.2, 0) is 9.63 Å². The number of carbonyl (C=O) groups excluding carboxylic acids is 2. The molecule has 0 aliphatic carbocycles. The van der Waals surface area contributed by atoms with Crippen molar-refractivity contribution in [3.05, 3.63) is 28.4 Å². The van der Waals surface area contributed by atoms with Gasteiger partial charge in [-0.2, -0.15) is 5.06 Å². The van der Waals surface area contributed by atoms with E-state index in [9.17, 15) is 19.7 Å². The minimum absolute atomic E-state index is 0.00842. The van der Waals surface area contributed by atoms with Crippen molar-refractivity contribution in [1.29, 1.82) is 0 Å². The second-order valence-electron chi connectivity index (χ2n) is 6.23. The molecule has 140 valence electrons. The van der Waals surface area contributed by atoms with Crippen LogP contribution in [0.5, 0.6) is 0 Å². The number of urea groups is 1. The Bertz CT molecular complexity index is 698. The van der Waals surface area contributed by atoms with Gasteiger partial charge in [-0.1, -0.05) is 13.3 Å². The van der Waals surface area contributed by atoms with Crippen LogP contribution in [0.15, 0.2) is 23.4 Å². The van der Waals surface area contributed by atoms with Crippen LogP contribution in [0.3, 0.4) is 0 Å². The Kier molecular flexibility index (Phi) is 5.72. The maximum Gasteiger partial charge on any atom is 0.344 e. The summed E-state index contributed by atoms with van der Waals surface area (Å²) in [6, 6.07) is 1.95. The van der Waals surface area contributed by atoms with Crippen molar-refractivity contribution in [3.8, 4) is 0 Å². The summed E-state index contributed by atoms with van der Waals surface area (Å²) in [5, 5.41) is 12.3. The highest BCUT2D eigenvalue weighted by Gasteiger charge is 2.47. The molecular weight excluding hydrogens is 360 g/mol. The van der Waals surface area contributed by atoms with Crippen molar-refractivity contribution in [3.63, 3.8) is 0 Å². The fourth-order valence-electron chi connectivity index (χ4n) is 3.06. The molecule has 0 unspecified atom stereocenters. The molecule has 1 aromatic rings. The molecule has 0 N–H and O–H groups in total. The number of hydroxylamine groups is 2. The van der Waals surface area contributed by atoms with Crippen LogP contribution < -0.4 is 0 Å². The summed E-state index contributed by atoms with van der Waals surface area (Å²) < 4.78 is 0. The van der Waals surface area contributed by atoms with Crippen molar-refractivity contribution in [2.45, 2.75) is 49.7 Å². The molecule has 0 radical (unpaired) electrons. The van der Waals surface area contributed by atoms with Gasteiger partial charge in [-0.05, 0) is 37.1 Å². The van der Waals surface area contributed by atoms with Gasteiger partial charge < -0.3 is 4.90 Å². The Morgan fingerprint density at radius 2 is 2.27 bits per heavy atom. The van der Waals surface area contributed by atoms with E-state index >= 15 is 0 Å². The first-order valence-electron chi connectivity index (χ1n) is 8.56. The first kappa shape index (κ1) is 18.6. The third-order valence-corrected chi connectivity index (χ3v) is 5.38. The number of hydrogen-bond donors (Lipinski definition) is 0. The van der Waals surface area contributed by atoms with Crippen LogP contribution in [0.1, 0.15) is 32.6 Å². The number of unbranched alkanes of at least 4 members (excludes halogenated alkanes) is 1. The van der Waals surface area contributed by atoms with Crippen LogP contribution in [0.4, 0.5) is 10.5 Å². The van der Waals surface area contributed by atoms with E-state index in [1.165, 1.54) is 17.2 Å². The fraction of sp³-hybridized carbons (Fsp3) is 0.562. The van der Waals surface area contributed by atoms with Crippen molar-refractivity contribution < 1.29 is 19.3 Å². The van der Waals surface area contributed by atoms with Gasteiger partial charge in [0.05, 0.1) is 17.6 Å². The van der Waals surface area contributed by atoms with Gasteiger partial charge in [-0.25, -0.2) is 9.78 Å². The quantitative estimate of drug-likeness (QED) is 0.310. The van der Waals surface area contributed by atoms with E-state index in [2.05, 4.69) is 11.9 Å². The highest BCUT2D eigenvalue weighted by Crippen LogP contribution is 2.33. The number of rotatable bonds is 7. The average Bonchev–Trinajstić information content (AvgIpc) is 2.87. The lowest BCUT2D eigenvalue weighted by Gasteiger charge is -2.28. The van der Waals surface area contributed by atoms with Gasteiger partial charge in [0, 0.05) is 12.6 Å². The number of hydrogen-bond acceptors (Lipinski definition) is 7. The summed E-state index contributed by atoms with van der Waals surface area (Å²) in [5.41, 5.74) is -0.128. The second kappa shape index (κ2) is 8.00. The van der Waals surface area contributed by atoms with E-state index in [0.29, 0.717) is 31.0 Å². The predicted molar refractivity (Wildman–Crippen MR) is 93.4 cm³/mol. The third kappa shape index (κ3) is 3.80. The number of piperidine rings is 1. The predicted octanol–water partition coefficient (Wildman–Crippen LogP) is 2.61. The molecule has 2 saturated heterocycles. The molecule has 0 saturated carbocycles. The van der Waals surface area contributed by atoms with Gasteiger partial charge in [0.1, 0.15) is 17.3 Å². The van der Waals surface area contributed by atoms with E-state index in [1.54, 1.807) is 4.90 Å². The topological polar surface area (TPSA) is 106 Å². The largest absolute Gasteiger partial charge is 0.344 e. The van der Waals surface area contributed by atoms with E-state index in [-0.39, 0.29) is 22.9 Å². The minimum atomic E-state index is -0.541. The molecule has 2 bridgehead atoms. The molecule has 2 amide bonds. The Hall–Kier alpha value is -2.20. The standard InChI is InChI=1S/C16H20N4O5S/c1-2-3-8-25-19-12-4-6-13(18(10-12)16(19)22)15(21)26-14-7-5-11(9-17-14)20(23)24/h5,7,9,12-13H,2-4,6,8,10H2,1H3/t12-,13-/m0/s1. The van der Waals surface area contributed by atoms with Crippen LogP contribution in [0.25, 0.3) is 0 Å². The monoisotopic (exact) mass is 380 g/mol. The first-order valence-corrected chi connectivity index (χ1v) is 9.37. The zero-order valence-electron chi connectivity index (χ0n) is 14.4. The van der Waals surface area contributed by atoms with E-state index < -0.39 is 11.0 Å². The summed E-state index contributed by atoms with van der Waals surface area (Å²) in [4.78, 5) is 46.4. The lowest BCUT2D eigenvalue weighted by Crippen LogP contribution is -2.44.